The molecule has 0 aromatic carbocycles. The second-order valence-corrected chi connectivity index (χ2v) is 3.64. The van der Waals surface area contributed by atoms with Crippen LogP contribution in [0.5, 0.6) is 0 Å². The normalized spacial score (nSPS) is 16.4. The van der Waals surface area contributed by atoms with Crippen molar-refractivity contribution in [1.82, 2.24) is 30.4 Å². The van der Waals surface area contributed by atoms with E-state index in [0.717, 1.165) is 26.2 Å². The monoisotopic (exact) mass is 225 g/mol. The molecule has 1 aromatic rings. The number of nitrogen functional groups attached to an aromatic ring is 1. The van der Waals surface area contributed by atoms with Crippen molar-refractivity contribution in [3.63, 3.8) is 0 Å². The van der Waals surface area contributed by atoms with E-state index >= 15 is 0 Å². The van der Waals surface area contributed by atoms with Crippen LogP contribution in [-0.2, 0) is 11.3 Å². The minimum Gasteiger partial charge on any atom is -0.367 e. The molecule has 1 aliphatic heterocycles. The van der Waals surface area contributed by atoms with Gasteiger partial charge in [0.15, 0.2) is 0 Å². The number of nitrogens with two attached hydrogens (primary N) is 1. The Kier molecular flexibility index (Phi) is 3.30. The Balaban J connectivity index is 1.81. The zero-order valence-corrected chi connectivity index (χ0v) is 8.96. The van der Waals surface area contributed by atoms with Gasteiger partial charge in [0.1, 0.15) is 0 Å². The van der Waals surface area contributed by atoms with Gasteiger partial charge in [-0.1, -0.05) is 5.10 Å². The first kappa shape index (κ1) is 10.8. The van der Waals surface area contributed by atoms with Gasteiger partial charge in [-0.25, -0.2) is 4.68 Å². The van der Waals surface area contributed by atoms with Gasteiger partial charge in [-0.2, -0.15) is 0 Å². The van der Waals surface area contributed by atoms with Gasteiger partial charge in [-0.3, -0.25) is 4.79 Å². The topological polar surface area (TPSA) is 102 Å². The van der Waals surface area contributed by atoms with Crippen molar-refractivity contribution in [2.75, 3.05) is 31.9 Å². The Bertz CT molecular complexity index is 357. The SMILES string of the molecule is Nc1nnnn1CCC(=O)N1CCNCC1. The second-order valence-electron chi connectivity index (χ2n) is 3.64. The second kappa shape index (κ2) is 4.88. The maximum absolute atomic E-state index is 11.8. The largest absolute Gasteiger partial charge is 0.367 e. The van der Waals surface area contributed by atoms with Crippen LogP contribution in [0.2, 0.25) is 0 Å². The van der Waals surface area contributed by atoms with Crippen LogP contribution >= 0.6 is 0 Å². The minimum absolute atomic E-state index is 0.122. The number of nitrogens with one attached hydrogen (secondary N) is 1. The molecule has 1 fully saturated rings. The van der Waals surface area contributed by atoms with E-state index in [4.69, 9.17) is 5.73 Å². The molecule has 0 spiro atoms. The summed E-state index contributed by atoms with van der Waals surface area (Å²) in [7, 11) is 0. The predicted octanol–water partition coefficient (Wildman–Crippen LogP) is -1.92. The lowest BCUT2D eigenvalue weighted by molar-refractivity contribution is -0.132. The maximum Gasteiger partial charge on any atom is 0.240 e. The number of hydrogen-bond donors (Lipinski definition) is 2. The van der Waals surface area contributed by atoms with Crippen molar-refractivity contribution in [3.8, 4) is 0 Å². The molecule has 16 heavy (non-hydrogen) atoms. The van der Waals surface area contributed by atoms with Gasteiger partial charge in [-0.05, 0) is 10.4 Å². The Morgan fingerprint density at radius 1 is 1.44 bits per heavy atom. The van der Waals surface area contributed by atoms with Crippen LogP contribution in [-0.4, -0.2) is 57.2 Å². The first-order valence-corrected chi connectivity index (χ1v) is 5.27. The summed E-state index contributed by atoms with van der Waals surface area (Å²) in [6.07, 6.45) is 0.384. The Morgan fingerprint density at radius 2 is 2.19 bits per heavy atom. The fraction of sp³-hybridized carbons (Fsp3) is 0.750. The van der Waals surface area contributed by atoms with E-state index in [0.29, 0.717) is 13.0 Å². The molecule has 0 aliphatic carbocycles. The van der Waals surface area contributed by atoms with Crippen LogP contribution in [0.4, 0.5) is 5.95 Å². The molecule has 0 bridgehead atoms. The summed E-state index contributed by atoms with van der Waals surface area (Å²) < 4.78 is 1.43. The lowest BCUT2D eigenvalue weighted by Gasteiger charge is -2.27. The Labute approximate surface area is 92.8 Å². The number of carbonyl (C=O) groups is 1. The van der Waals surface area contributed by atoms with Crippen LogP contribution in [0.15, 0.2) is 0 Å². The molecule has 0 radical (unpaired) electrons. The fourth-order valence-corrected chi connectivity index (χ4v) is 1.64. The summed E-state index contributed by atoms with van der Waals surface area (Å²) >= 11 is 0. The van der Waals surface area contributed by atoms with E-state index in [2.05, 4.69) is 20.8 Å². The molecular formula is C8H15N7O. The van der Waals surface area contributed by atoms with Gasteiger partial charge in [0, 0.05) is 32.6 Å². The number of hydrogen-bond acceptors (Lipinski definition) is 6. The highest BCUT2D eigenvalue weighted by Crippen LogP contribution is 2.00. The molecule has 88 valence electrons. The standard InChI is InChI=1S/C8H15N7O/c9-8-11-12-13-15(8)4-1-7(16)14-5-2-10-3-6-14/h10H,1-6H2,(H2,9,11,13). The van der Waals surface area contributed by atoms with E-state index < -0.39 is 0 Å². The first-order valence-electron chi connectivity index (χ1n) is 5.27. The number of carbonyl (C=O) groups excluding carboxylic acids is 1. The van der Waals surface area contributed by atoms with Gasteiger partial charge >= 0.3 is 0 Å². The molecule has 0 saturated carbocycles. The van der Waals surface area contributed by atoms with Crippen molar-refractivity contribution >= 4 is 11.9 Å². The lowest BCUT2D eigenvalue weighted by atomic mass is 10.3. The maximum atomic E-state index is 11.8. The number of rotatable bonds is 3. The van der Waals surface area contributed by atoms with E-state index in [1.807, 2.05) is 4.90 Å². The number of amides is 1. The van der Waals surface area contributed by atoms with Crippen LogP contribution in [0.3, 0.4) is 0 Å². The Hall–Kier alpha value is -1.70. The van der Waals surface area contributed by atoms with Crippen molar-refractivity contribution in [2.24, 2.45) is 0 Å². The average molecular weight is 225 g/mol. The quantitative estimate of drug-likeness (QED) is 0.621. The van der Waals surface area contributed by atoms with E-state index in [9.17, 15) is 4.79 Å². The molecule has 1 aromatic heterocycles. The van der Waals surface area contributed by atoms with Crippen LogP contribution in [0.25, 0.3) is 0 Å². The molecule has 1 amide bonds. The molecule has 8 nitrogen and oxygen atoms in total. The summed E-state index contributed by atoms with van der Waals surface area (Å²) in [4.78, 5) is 13.6. The third-order valence-electron chi connectivity index (χ3n) is 2.57. The number of aromatic nitrogens is 4. The first-order chi connectivity index (χ1) is 7.77. The summed E-state index contributed by atoms with van der Waals surface area (Å²) in [5, 5.41) is 13.8. The molecule has 1 aliphatic rings. The zero-order chi connectivity index (χ0) is 11.4. The molecule has 1 saturated heterocycles. The molecule has 2 rings (SSSR count). The molecular weight excluding hydrogens is 210 g/mol. The molecule has 3 N–H and O–H groups in total. The number of aryl methyl sites for hydroxylation is 1. The Morgan fingerprint density at radius 3 is 2.81 bits per heavy atom. The minimum atomic E-state index is 0.122. The van der Waals surface area contributed by atoms with Gasteiger partial charge in [0.2, 0.25) is 11.9 Å². The van der Waals surface area contributed by atoms with E-state index in [-0.39, 0.29) is 11.9 Å². The van der Waals surface area contributed by atoms with E-state index in [1.54, 1.807) is 0 Å². The summed E-state index contributed by atoms with van der Waals surface area (Å²) in [5.74, 6) is 0.365. The van der Waals surface area contributed by atoms with Gasteiger partial charge < -0.3 is 16.0 Å². The number of anilines is 1. The number of nitrogens with zero attached hydrogens (tertiary/aromatic N) is 5. The van der Waals surface area contributed by atoms with Crippen LogP contribution in [0, 0.1) is 0 Å². The van der Waals surface area contributed by atoms with Crippen LogP contribution < -0.4 is 11.1 Å². The van der Waals surface area contributed by atoms with Gasteiger partial charge in [-0.15, -0.1) is 0 Å². The van der Waals surface area contributed by atoms with Crippen LogP contribution in [0.1, 0.15) is 6.42 Å². The lowest BCUT2D eigenvalue weighted by Crippen LogP contribution is -2.46. The highest BCUT2D eigenvalue weighted by atomic mass is 16.2. The summed E-state index contributed by atoms with van der Waals surface area (Å²) in [6.45, 7) is 3.69. The number of tetrazole rings is 1. The van der Waals surface area contributed by atoms with Gasteiger partial charge in [0.05, 0.1) is 6.54 Å². The average Bonchev–Trinajstić information content (AvgIpc) is 2.73. The highest BCUT2D eigenvalue weighted by Gasteiger charge is 2.16. The van der Waals surface area contributed by atoms with Crippen molar-refractivity contribution in [1.29, 1.82) is 0 Å². The summed E-state index contributed by atoms with van der Waals surface area (Å²) in [6, 6.07) is 0. The van der Waals surface area contributed by atoms with Crippen molar-refractivity contribution in [2.45, 2.75) is 13.0 Å². The predicted molar refractivity (Wildman–Crippen MR) is 56.3 cm³/mol. The fourth-order valence-electron chi connectivity index (χ4n) is 1.64. The third kappa shape index (κ3) is 2.45. The molecule has 0 unspecified atom stereocenters. The number of piperazine rings is 1. The third-order valence-corrected chi connectivity index (χ3v) is 2.57. The molecule has 8 heteroatoms. The van der Waals surface area contributed by atoms with Crippen molar-refractivity contribution in [3.05, 3.63) is 0 Å². The highest BCUT2D eigenvalue weighted by molar-refractivity contribution is 5.76. The van der Waals surface area contributed by atoms with Crippen molar-refractivity contribution < 1.29 is 4.79 Å². The van der Waals surface area contributed by atoms with Gasteiger partial charge in [0.25, 0.3) is 0 Å². The smallest absolute Gasteiger partial charge is 0.240 e. The molecule has 2 heterocycles. The molecule has 0 atom stereocenters. The van der Waals surface area contributed by atoms with E-state index in [1.165, 1.54) is 4.68 Å². The zero-order valence-electron chi connectivity index (χ0n) is 8.96. The summed E-state index contributed by atoms with van der Waals surface area (Å²) in [5.41, 5.74) is 5.50.